The molecular weight excluding hydrogens is 1540 g/mol. The van der Waals surface area contributed by atoms with Gasteiger partial charge in [-0.25, -0.2) is 0 Å². The Bertz CT molecular complexity index is 4380. The number of aliphatic carboxylic acids is 2. The van der Waals surface area contributed by atoms with Gasteiger partial charge in [-0.15, -0.1) is 0 Å². The predicted octanol–water partition coefficient (Wildman–Crippen LogP) is -4.12. The summed E-state index contributed by atoms with van der Waals surface area (Å²) in [5.41, 5.74) is 18.8. The van der Waals surface area contributed by atoms with Crippen molar-refractivity contribution < 1.29 is 101 Å². The van der Waals surface area contributed by atoms with E-state index in [1.54, 1.807) is 109 Å². The fourth-order valence-electron chi connectivity index (χ4n) is 13.9. The Hall–Kier alpha value is -13.6. The number of nitrogens with zero attached hydrogens (tertiary/aromatic N) is 2. The Morgan fingerprint density at radius 2 is 0.797 bits per heavy atom. The normalized spacial score (nSPS) is 17.6. The van der Waals surface area contributed by atoms with Crippen molar-refractivity contribution in [2.45, 2.75) is 164 Å². The Morgan fingerprint density at radius 1 is 0.415 bits per heavy atom. The maximum atomic E-state index is 14.7. The molecule has 0 aromatic heterocycles. The highest BCUT2D eigenvalue weighted by Crippen LogP contribution is 2.30. The van der Waals surface area contributed by atoms with Gasteiger partial charge < -0.3 is 110 Å². The number of likely N-dealkylation sites (tertiary alicyclic amines) is 2. The summed E-state index contributed by atoms with van der Waals surface area (Å²) < 4.78 is 10.7. The number of carbonyl (C=O) groups excluding carboxylic acids is 15. The van der Waals surface area contributed by atoms with Gasteiger partial charge >= 0.3 is 23.9 Å². The summed E-state index contributed by atoms with van der Waals surface area (Å²) in [6, 6.07) is 16.9. The number of para-hydroxylation sites is 2. The van der Waals surface area contributed by atoms with Crippen LogP contribution in [0.5, 0.6) is 11.5 Å². The number of carboxylic acid groups (broad SMARTS) is 2. The van der Waals surface area contributed by atoms with Gasteiger partial charge in [0.1, 0.15) is 77.7 Å². The molecule has 4 aliphatic heterocycles. The first-order chi connectivity index (χ1) is 56.4. The molecule has 0 bridgehead atoms. The molecule has 40 nitrogen and oxygen atoms in total. The lowest BCUT2D eigenvalue weighted by molar-refractivity contribution is -0.148. The van der Waals surface area contributed by atoms with Crippen LogP contribution in [0, 0.1) is 22.7 Å². The molecule has 40 heteroatoms. The zero-order valence-electron chi connectivity index (χ0n) is 64.5. The number of amides is 13. The third-order valence-electron chi connectivity index (χ3n) is 19.9. The highest BCUT2D eigenvalue weighted by Gasteiger charge is 2.43. The summed E-state index contributed by atoms with van der Waals surface area (Å²) in [6.07, 6.45) is -1.06. The molecule has 2 saturated heterocycles. The molecule has 2 fully saturated rings. The van der Waals surface area contributed by atoms with Crippen molar-refractivity contribution in [1.29, 1.82) is 10.8 Å². The average Bonchev–Trinajstić information content (AvgIpc) is 1.57. The van der Waals surface area contributed by atoms with Crippen LogP contribution in [-0.2, 0) is 107 Å². The molecule has 8 rings (SSSR count). The Balaban J connectivity index is 0.835. The number of nitrogens with one attached hydrogen (secondary N) is 14. The SMILES string of the molecule is N=C(N)NCCC[C@H](NC(=O)C1Cc2ccccc2OC1=O)C(=O)NCC(=O)N[C@@H](CC(=O)O)C(=O)N[C@@H](Cc1ccccc1)C(=O)N1CCC[C@H]1C(=O)NCCCC[C@H](NC(=O)[C@@H]1CCCN1C(=O)[C@H](Cc1ccccc1)NC(=O)[C@H](CC(=O)O)NC(=O)CNC(=O)[C@H](CCCNC(=N)N)NC(=O)C1Cc2ccccc2OC1=O)C(N)=O. The van der Waals surface area contributed by atoms with Gasteiger partial charge in [0.05, 0.1) is 25.9 Å². The van der Waals surface area contributed by atoms with Crippen molar-refractivity contribution >= 4 is 113 Å². The summed E-state index contributed by atoms with van der Waals surface area (Å²) in [5.74, 6) is -19.4. The van der Waals surface area contributed by atoms with E-state index in [1.807, 2.05) is 0 Å². The van der Waals surface area contributed by atoms with Gasteiger partial charge in [-0.05, 0) is 118 Å². The predicted molar refractivity (Wildman–Crippen MR) is 417 cm³/mol. The molecule has 22 N–H and O–H groups in total. The maximum Gasteiger partial charge on any atom is 0.324 e. The molecule has 0 spiro atoms. The summed E-state index contributed by atoms with van der Waals surface area (Å²) in [7, 11) is 0. The minimum atomic E-state index is -1.86. The van der Waals surface area contributed by atoms with Crippen molar-refractivity contribution in [3.05, 3.63) is 131 Å². The van der Waals surface area contributed by atoms with E-state index in [9.17, 15) is 91.7 Å². The van der Waals surface area contributed by atoms with E-state index < -0.39 is 193 Å². The number of guanidine groups is 2. The zero-order chi connectivity index (χ0) is 85.5. The van der Waals surface area contributed by atoms with Crippen molar-refractivity contribution in [3.63, 3.8) is 0 Å². The van der Waals surface area contributed by atoms with Crippen LogP contribution in [0.15, 0.2) is 109 Å². The first-order valence-corrected chi connectivity index (χ1v) is 38.5. The molecule has 0 aliphatic carbocycles. The number of hydrogen-bond donors (Lipinski definition) is 19. The van der Waals surface area contributed by atoms with Gasteiger partial charge in [-0.1, -0.05) is 97.1 Å². The van der Waals surface area contributed by atoms with Gasteiger partial charge in [-0.3, -0.25) is 92.3 Å². The number of esters is 2. The smallest absolute Gasteiger partial charge is 0.324 e. The van der Waals surface area contributed by atoms with Gasteiger partial charge in [0.2, 0.25) is 76.8 Å². The van der Waals surface area contributed by atoms with E-state index in [2.05, 4.69) is 63.8 Å². The minimum absolute atomic E-state index is 0.00574. The van der Waals surface area contributed by atoms with Crippen LogP contribution in [0.2, 0.25) is 0 Å². The standard InChI is InChI=1S/C78H99N19O21/c79-64(104)49(91-72(112)57-27-16-34-97(57)74(114)55(36-44-19-5-2-6-20-44)95-70(110)53(40-63(102)103)90-61(99)42-88-68(108)51(25-14-32-86-78(82)83)93-66(106)48-38-46-22-8-10-29-59(46)118-76(48)116)23-11-12-30-84-71(111)56-26-15-33-96(56)73(113)54(35-43-17-3-1-4-18-43)94-69(109)52(39-62(100)101)89-60(98)41-87-67(107)50(24-13-31-85-77(80)81)92-65(105)47-37-45-21-7-9-28-58(45)117-75(47)115/h1-10,17-22,28-29,47-57H,11-16,23-27,30-42H2,(H2,79,104)(H,84,111)(H,87,107)(H,88,108)(H,89,98)(H,90,99)(H,91,112)(H,92,105)(H,93,106)(H,94,109)(H,95,110)(H,100,101)(H,102,103)(H4,80,81,85)(H4,82,83,86)/t47?,48?,49-,50-,51-,52-,53-,54-,55-,56-,57-/m0/s1. The lowest BCUT2D eigenvalue weighted by Crippen LogP contribution is -2.59. The summed E-state index contributed by atoms with van der Waals surface area (Å²) in [6.45, 7) is -1.48. The van der Waals surface area contributed by atoms with E-state index in [1.165, 1.54) is 9.80 Å². The number of nitrogens with two attached hydrogens (primary N) is 3. The van der Waals surface area contributed by atoms with Gasteiger partial charge in [0.15, 0.2) is 11.9 Å². The third-order valence-corrected chi connectivity index (χ3v) is 19.9. The number of carbonyl (C=O) groups is 17. The van der Waals surface area contributed by atoms with E-state index in [4.69, 9.17) is 37.5 Å². The second-order valence-electron chi connectivity index (χ2n) is 28.7. The molecule has 11 atom stereocenters. The molecule has 13 amide bonds. The van der Waals surface area contributed by atoms with Crippen LogP contribution in [0.1, 0.15) is 106 Å². The molecule has 4 heterocycles. The number of ether oxygens (including phenoxy) is 2. The molecule has 2 unspecified atom stereocenters. The molecule has 4 aliphatic rings. The fourth-order valence-corrected chi connectivity index (χ4v) is 13.9. The van der Waals surface area contributed by atoms with Crippen molar-refractivity contribution in [3.8, 4) is 11.5 Å². The monoisotopic (exact) mass is 1640 g/mol. The van der Waals surface area contributed by atoms with Gasteiger partial charge in [0, 0.05) is 45.6 Å². The molecule has 632 valence electrons. The van der Waals surface area contributed by atoms with Crippen molar-refractivity contribution in [2.75, 3.05) is 45.8 Å². The van der Waals surface area contributed by atoms with Crippen LogP contribution >= 0.6 is 0 Å². The number of hydrogen-bond acceptors (Lipinski definition) is 21. The zero-order valence-corrected chi connectivity index (χ0v) is 64.5. The molecule has 4 aromatic carbocycles. The highest BCUT2D eigenvalue weighted by molar-refractivity contribution is 6.04. The Kier molecular flexibility index (Phi) is 33.8. The number of rotatable bonds is 43. The van der Waals surface area contributed by atoms with Gasteiger partial charge in [0.25, 0.3) is 0 Å². The van der Waals surface area contributed by atoms with Crippen LogP contribution in [0.25, 0.3) is 0 Å². The first kappa shape index (κ1) is 90.0. The Labute approximate surface area is 676 Å². The lowest BCUT2D eigenvalue weighted by atomic mass is 9.94. The van der Waals surface area contributed by atoms with Crippen molar-refractivity contribution in [2.24, 2.45) is 29.0 Å². The highest BCUT2D eigenvalue weighted by atomic mass is 16.5. The summed E-state index contributed by atoms with van der Waals surface area (Å²) in [5, 5.41) is 64.8. The third kappa shape index (κ3) is 27.3. The number of primary amides is 1. The largest absolute Gasteiger partial charge is 0.481 e. The molecule has 118 heavy (non-hydrogen) atoms. The van der Waals surface area contributed by atoms with Crippen LogP contribution in [0.4, 0.5) is 0 Å². The van der Waals surface area contributed by atoms with E-state index in [-0.39, 0.29) is 146 Å². The number of benzene rings is 4. The first-order valence-electron chi connectivity index (χ1n) is 38.5. The summed E-state index contributed by atoms with van der Waals surface area (Å²) in [4.78, 5) is 233. The van der Waals surface area contributed by atoms with E-state index in [0.717, 1.165) is 0 Å². The lowest BCUT2D eigenvalue weighted by Gasteiger charge is -2.30. The van der Waals surface area contributed by atoms with Gasteiger partial charge in [-0.2, -0.15) is 0 Å². The topological polar surface area (TPSA) is 626 Å². The fraction of sp³-hybridized carbons (Fsp3) is 0.449. The van der Waals surface area contributed by atoms with E-state index in [0.29, 0.717) is 28.7 Å². The number of unbranched alkanes of at least 4 members (excludes halogenated alkanes) is 1. The summed E-state index contributed by atoms with van der Waals surface area (Å²) >= 11 is 0. The second kappa shape index (κ2) is 44.3. The minimum Gasteiger partial charge on any atom is -0.481 e. The molecule has 4 aromatic rings. The number of fused-ring (bicyclic) bond motifs is 2. The molecular formula is C78H99N19O21. The average molecular weight is 1640 g/mol. The van der Waals surface area contributed by atoms with E-state index >= 15 is 0 Å². The van der Waals surface area contributed by atoms with Crippen LogP contribution < -0.4 is 90.5 Å². The quantitative estimate of drug-likeness (QED) is 0.00500. The van der Waals surface area contributed by atoms with Crippen LogP contribution in [0.3, 0.4) is 0 Å². The maximum absolute atomic E-state index is 14.7. The second-order valence-corrected chi connectivity index (χ2v) is 28.7. The molecule has 0 saturated carbocycles. The Morgan fingerprint density at radius 3 is 1.20 bits per heavy atom. The van der Waals surface area contributed by atoms with Crippen molar-refractivity contribution in [1.82, 2.24) is 73.6 Å². The molecule has 0 radical (unpaired) electrons. The number of carboxylic acids is 2. The van der Waals surface area contributed by atoms with Crippen LogP contribution in [-0.4, -0.2) is 233 Å².